The molecule has 0 aliphatic carbocycles. The SMILES string of the molecule is CSCC[C@H](N)C(=O)N1CCC[C@H]1C(=O)N[C@@H](Cc1cnc[nH]1)C(=O)N[C@@H](CO)C(=O)N[C@@H](Cc1ccccc1)C(=O)N[C@@H](C)C(=O)N[C@@H](CC(N)=O)C(=O)N[C@@H](CC(C)C)C(=O)N1CCC[C@H]1C(=O)N[C@@H](CC(C)C)C(=O)N[C@@H](CCCN=C(N)N)C(=O)N[C@@H](Cc1ccccc1)C(=O)O. The molecule has 2 aromatic carbocycles. The number of hydrogen-bond donors (Lipinski definition) is 16. The van der Waals surface area contributed by atoms with Gasteiger partial charge in [0.1, 0.15) is 66.5 Å². The van der Waals surface area contributed by atoms with Crippen LogP contribution >= 0.6 is 11.8 Å². The number of primary amides is 1. The molecule has 2 aliphatic rings. The van der Waals surface area contributed by atoms with Gasteiger partial charge in [-0.1, -0.05) is 88.4 Å². The fourth-order valence-electron chi connectivity index (χ4n) is 11.7. The number of carboxylic acids is 1. The first-order chi connectivity index (χ1) is 48.0. The molecule has 20 N–H and O–H groups in total. The Morgan fingerprint density at radius 2 is 1.04 bits per heavy atom. The van der Waals surface area contributed by atoms with Crippen LogP contribution in [0.3, 0.4) is 0 Å². The fourth-order valence-corrected chi connectivity index (χ4v) is 12.2. The van der Waals surface area contributed by atoms with Crippen LogP contribution in [0.1, 0.15) is 116 Å². The maximum atomic E-state index is 14.7. The van der Waals surface area contributed by atoms with Crippen molar-refractivity contribution in [1.82, 2.24) is 67.6 Å². The van der Waals surface area contributed by atoms with Crippen LogP contribution in [0.15, 0.2) is 78.2 Å². The van der Waals surface area contributed by atoms with Gasteiger partial charge in [0.05, 0.1) is 25.4 Å². The minimum absolute atomic E-state index is 0.00686. The minimum Gasteiger partial charge on any atom is -0.480 e. The number of likely N-dealkylation sites (tertiary alicyclic amines) is 2. The average Bonchev–Trinajstić information content (AvgIpc) is 1.81. The van der Waals surface area contributed by atoms with Crippen LogP contribution < -0.4 is 70.8 Å². The molecular formula is C67H100N18O15S. The first kappa shape index (κ1) is 82.0. The molecule has 2 fully saturated rings. The number of guanidine groups is 1. The van der Waals surface area contributed by atoms with Crippen LogP contribution in [-0.4, -0.2) is 224 Å². The number of carbonyl (C=O) groups excluding carboxylic acids is 12. The molecule has 3 aromatic rings. The Kier molecular flexibility index (Phi) is 33.4. The summed E-state index contributed by atoms with van der Waals surface area (Å²) in [6.07, 6.45) is 5.27. The predicted molar refractivity (Wildman–Crippen MR) is 373 cm³/mol. The van der Waals surface area contributed by atoms with Crippen molar-refractivity contribution in [2.75, 3.05) is 38.2 Å². The van der Waals surface area contributed by atoms with E-state index in [0.29, 0.717) is 48.3 Å². The van der Waals surface area contributed by atoms with Gasteiger partial charge < -0.3 is 95.8 Å². The first-order valence-corrected chi connectivity index (χ1v) is 35.2. The van der Waals surface area contributed by atoms with Crippen molar-refractivity contribution in [2.24, 2.45) is 39.8 Å². The first-order valence-electron chi connectivity index (χ1n) is 33.8. The second-order valence-electron chi connectivity index (χ2n) is 26.0. The predicted octanol–water partition coefficient (Wildman–Crippen LogP) is -3.02. The molecule has 5 rings (SSSR count). The van der Waals surface area contributed by atoms with Gasteiger partial charge in [-0.15, -0.1) is 0 Å². The molecule has 554 valence electrons. The molecule has 0 unspecified atom stereocenters. The molecule has 33 nitrogen and oxygen atoms in total. The zero-order valence-corrected chi connectivity index (χ0v) is 58.8. The van der Waals surface area contributed by atoms with E-state index in [4.69, 9.17) is 22.9 Å². The van der Waals surface area contributed by atoms with Crippen molar-refractivity contribution in [3.8, 4) is 0 Å². The molecule has 2 saturated heterocycles. The minimum atomic E-state index is -1.74. The summed E-state index contributed by atoms with van der Waals surface area (Å²) in [5.41, 5.74) is 24.4. The number of nitrogens with two attached hydrogens (primary N) is 4. The summed E-state index contributed by atoms with van der Waals surface area (Å²) in [6.45, 7) is 7.75. The third-order valence-corrected chi connectivity index (χ3v) is 17.5. The van der Waals surface area contributed by atoms with Crippen LogP contribution in [-0.2, 0) is 81.6 Å². The Morgan fingerprint density at radius 3 is 1.57 bits per heavy atom. The largest absolute Gasteiger partial charge is 0.480 e. The van der Waals surface area contributed by atoms with Crippen molar-refractivity contribution < 1.29 is 72.5 Å². The fraction of sp³-hybridized carbons (Fsp3) is 0.567. The smallest absolute Gasteiger partial charge is 0.326 e. The van der Waals surface area contributed by atoms with Gasteiger partial charge in [0.2, 0.25) is 70.9 Å². The van der Waals surface area contributed by atoms with Gasteiger partial charge in [-0.05, 0) is 99.7 Å². The number of thioether (sulfide) groups is 1. The highest BCUT2D eigenvalue weighted by Crippen LogP contribution is 2.23. The Labute approximate surface area is 590 Å². The Balaban J connectivity index is 1.28. The molecule has 0 radical (unpaired) electrons. The number of hydrogen-bond acceptors (Lipinski definition) is 18. The van der Waals surface area contributed by atoms with Crippen LogP contribution in [0.25, 0.3) is 0 Å². The summed E-state index contributed by atoms with van der Waals surface area (Å²) in [4.78, 5) is 194. The molecule has 1 aromatic heterocycles. The van der Waals surface area contributed by atoms with Crippen LogP contribution in [0, 0.1) is 11.8 Å². The van der Waals surface area contributed by atoms with Crippen molar-refractivity contribution in [2.45, 2.75) is 191 Å². The van der Waals surface area contributed by atoms with Gasteiger partial charge in [0.25, 0.3) is 0 Å². The number of aliphatic hydroxyl groups excluding tert-OH is 1. The van der Waals surface area contributed by atoms with E-state index >= 15 is 0 Å². The number of aliphatic imine (C=N–C) groups is 1. The molecule has 34 heteroatoms. The molecule has 0 spiro atoms. The van der Waals surface area contributed by atoms with Gasteiger partial charge in [-0.25, -0.2) is 9.78 Å². The summed E-state index contributed by atoms with van der Waals surface area (Å²) in [7, 11) is 0. The van der Waals surface area contributed by atoms with Crippen LogP contribution in [0.2, 0.25) is 0 Å². The lowest BCUT2D eigenvalue weighted by atomic mass is 10.00. The van der Waals surface area contributed by atoms with E-state index in [2.05, 4.69) is 62.8 Å². The number of amides is 12. The maximum Gasteiger partial charge on any atom is 0.326 e. The second-order valence-corrected chi connectivity index (χ2v) is 27.0. The highest BCUT2D eigenvalue weighted by molar-refractivity contribution is 7.98. The van der Waals surface area contributed by atoms with E-state index in [1.54, 1.807) is 88.4 Å². The summed E-state index contributed by atoms with van der Waals surface area (Å²) in [5, 5.41) is 43.9. The number of aliphatic carboxylic acids is 1. The van der Waals surface area contributed by atoms with E-state index in [1.807, 2.05) is 6.26 Å². The standard InChI is InChI=1S/C67H100N18O15S/c1-37(2)28-45(58(91)76-44(20-13-24-73-67(70)71)56(89)82-50(66(99)100)31-41-18-11-8-12-19-41)79-63(96)53-22-15-26-85(53)65(98)49(29-38(3)4)81-60(93)48(33-54(69)87)77-55(88)39(5)75-57(90)46(30-40-16-9-7-10-17-40)78-61(94)51(35-86)83-59(92)47(32-42-34-72-36-74-42)80-62(95)52-21-14-25-84(52)64(97)43(68)23-27-101-6/h7-12,16-19,34,36-39,43-53,86H,13-15,20-33,35,68H2,1-6H3,(H2,69,87)(H,72,74)(H,75,90)(H,76,91)(H,77,88)(H,78,94)(H,79,96)(H,80,95)(H,81,93)(H,82,89)(H,83,92)(H,99,100)(H4,70,71,73)/t39-,43-,44-,45-,46-,47-,48-,49-,50-,51-,52-,53-/m0/s1. The second kappa shape index (κ2) is 41.1. The number of nitrogens with zero attached hydrogens (tertiary/aromatic N) is 4. The van der Waals surface area contributed by atoms with Crippen molar-refractivity contribution in [1.29, 1.82) is 0 Å². The zero-order chi connectivity index (χ0) is 74.5. The van der Waals surface area contributed by atoms with E-state index < -0.39 is 162 Å². The van der Waals surface area contributed by atoms with Crippen LogP contribution in [0.5, 0.6) is 0 Å². The molecule has 3 heterocycles. The lowest BCUT2D eigenvalue weighted by Crippen LogP contribution is -2.61. The number of aliphatic hydroxyl groups is 1. The van der Waals surface area contributed by atoms with E-state index in [9.17, 15) is 72.5 Å². The quantitative estimate of drug-likeness (QED) is 0.0153. The van der Waals surface area contributed by atoms with Gasteiger partial charge >= 0.3 is 5.97 Å². The zero-order valence-electron chi connectivity index (χ0n) is 57.9. The monoisotopic (exact) mass is 1430 g/mol. The number of benzene rings is 2. The third kappa shape index (κ3) is 26.7. The van der Waals surface area contributed by atoms with Crippen molar-refractivity contribution in [3.05, 3.63) is 90.0 Å². The molecule has 12 amide bonds. The number of imidazole rings is 1. The summed E-state index contributed by atoms with van der Waals surface area (Å²) in [5.74, 6) is -11.5. The van der Waals surface area contributed by atoms with E-state index in [0.717, 1.165) is 0 Å². The Hall–Kier alpha value is -9.70. The van der Waals surface area contributed by atoms with E-state index in [-0.39, 0.29) is 88.8 Å². The number of H-pyrrole nitrogens is 1. The van der Waals surface area contributed by atoms with Crippen molar-refractivity contribution in [3.63, 3.8) is 0 Å². The van der Waals surface area contributed by atoms with Gasteiger partial charge in [0.15, 0.2) is 5.96 Å². The molecule has 0 bridgehead atoms. The van der Waals surface area contributed by atoms with Crippen LogP contribution in [0.4, 0.5) is 0 Å². The van der Waals surface area contributed by atoms with E-state index in [1.165, 1.54) is 41.0 Å². The number of aromatic amines is 1. The van der Waals surface area contributed by atoms with Crippen molar-refractivity contribution >= 4 is 94.6 Å². The van der Waals surface area contributed by atoms with Gasteiger partial charge in [0, 0.05) is 50.8 Å². The average molecular weight is 1430 g/mol. The summed E-state index contributed by atoms with van der Waals surface area (Å²) < 4.78 is 0. The number of aromatic nitrogens is 2. The topological polar surface area (TPSA) is 522 Å². The lowest BCUT2D eigenvalue weighted by molar-refractivity contribution is -0.143. The highest BCUT2D eigenvalue weighted by Gasteiger charge is 2.42. The summed E-state index contributed by atoms with van der Waals surface area (Å²) in [6, 6.07) is 0.801. The Morgan fingerprint density at radius 1 is 0.574 bits per heavy atom. The molecule has 0 saturated carbocycles. The van der Waals surface area contributed by atoms with Gasteiger partial charge in [-0.3, -0.25) is 62.5 Å². The molecular weight excluding hydrogens is 1330 g/mol. The number of carboxylic acid groups (broad SMARTS) is 1. The number of nitrogens with one attached hydrogen (secondary N) is 10. The lowest BCUT2D eigenvalue weighted by Gasteiger charge is -2.32. The Bertz CT molecular complexity index is 3330. The third-order valence-electron chi connectivity index (χ3n) is 16.9. The molecule has 12 atom stereocenters. The maximum absolute atomic E-state index is 14.7. The highest BCUT2D eigenvalue weighted by atomic mass is 32.2. The molecule has 101 heavy (non-hydrogen) atoms. The van der Waals surface area contributed by atoms with Gasteiger partial charge in [-0.2, -0.15) is 11.8 Å². The number of rotatable bonds is 41. The molecule has 2 aliphatic heterocycles. The summed E-state index contributed by atoms with van der Waals surface area (Å²) >= 11 is 1.52. The number of carbonyl (C=O) groups is 13. The normalized spacial score (nSPS) is 17.2.